The van der Waals surface area contributed by atoms with Crippen LogP contribution in [0.25, 0.3) is 11.3 Å². The van der Waals surface area contributed by atoms with Crippen molar-refractivity contribution < 1.29 is 14.7 Å². The predicted molar refractivity (Wildman–Crippen MR) is 155 cm³/mol. The van der Waals surface area contributed by atoms with Gasteiger partial charge >= 0.3 is 0 Å². The third-order valence-corrected chi connectivity index (χ3v) is 7.34. The number of anilines is 2. The lowest BCUT2D eigenvalue weighted by Crippen LogP contribution is -2.51. The molecule has 3 N–H and O–H groups in total. The van der Waals surface area contributed by atoms with Crippen LogP contribution >= 0.6 is 11.8 Å². The van der Waals surface area contributed by atoms with Gasteiger partial charge in [0.2, 0.25) is 11.9 Å². The average molecular weight is 549 g/mol. The topological polar surface area (TPSA) is 111 Å². The van der Waals surface area contributed by atoms with Gasteiger partial charge in [-0.15, -0.1) is 11.8 Å². The smallest absolute Gasteiger partial charge is 0.253 e. The van der Waals surface area contributed by atoms with Crippen LogP contribution in [0.3, 0.4) is 0 Å². The number of hydrogen-bond donors (Lipinski definition) is 3. The molecule has 0 aliphatic carbocycles. The molecule has 0 spiro atoms. The summed E-state index contributed by atoms with van der Waals surface area (Å²) in [7, 11) is 0. The molecule has 2 amide bonds. The summed E-state index contributed by atoms with van der Waals surface area (Å²) in [6.07, 6.45) is 2.50. The Kier molecular flexibility index (Phi) is 10.3. The van der Waals surface area contributed by atoms with Crippen molar-refractivity contribution in [3.63, 3.8) is 0 Å². The highest BCUT2D eigenvalue weighted by molar-refractivity contribution is 7.99. The SMILES string of the molecule is CC(C)NC(=O)CN1CCN(C(=O)c2ccc(Nc3nccc(-c4ccc(SCCCO)cc4)n3)cc2)CC1. The molecule has 0 unspecified atom stereocenters. The second-order valence-corrected chi connectivity index (χ2v) is 10.9. The normalized spacial score (nSPS) is 13.9. The van der Waals surface area contributed by atoms with Gasteiger partial charge in [0, 0.05) is 72.5 Å². The van der Waals surface area contributed by atoms with Crippen LogP contribution in [-0.4, -0.2) is 87.8 Å². The summed E-state index contributed by atoms with van der Waals surface area (Å²) >= 11 is 1.72. The molecule has 2 aromatic carbocycles. The number of rotatable bonds is 11. The number of aromatic nitrogens is 2. The maximum absolute atomic E-state index is 13.0. The zero-order chi connectivity index (χ0) is 27.6. The molecule has 1 saturated heterocycles. The molecule has 0 radical (unpaired) electrons. The lowest BCUT2D eigenvalue weighted by atomic mass is 10.1. The number of amides is 2. The molecule has 9 nitrogen and oxygen atoms in total. The molecular weight excluding hydrogens is 512 g/mol. The van der Waals surface area contributed by atoms with E-state index in [0.29, 0.717) is 44.2 Å². The van der Waals surface area contributed by atoms with E-state index in [2.05, 4.69) is 37.6 Å². The van der Waals surface area contributed by atoms with Gasteiger partial charge in [0.1, 0.15) is 0 Å². The molecule has 1 aliphatic heterocycles. The minimum Gasteiger partial charge on any atom is -0.396 e. The number of carbonyl (C=O) groups is 2. The van der Waals surface area contributed by atoms with Crippen molar-refractivity contribution in [2.45, 2.75) is 31.2 Å². The summed E-state index contributed by atoms with van der Waals surface area (Å²) in [5.74, 6) is 1.37. The van der Waals surface area contributed by atoms with E-state index in [9.17, 15) is 9.59 Å². The summed E-state index contributed by atoms with van der Waals surface area (Å²) < 4.78 is 0. The average Bonchev–Trinajstić information content (AvgIpc) is 2.94. The molecule has 0 atom stereocenters. The van der Waals surface area contributed by atoms with Crippen LogP contribution in [0.2, 0.25) is 0 Å². The van der Waals surface area contributed by atoms with Gasteiger partial charge in [0.25, 0.3) is 5.91 Å². The van der Waals surface area contributed by atoms with E-state index in [1.54, 1.807) is 18.0 Å². The highest BCUT2D eigenvalue weighted by Crippen LogP contribution is 2.24. The molecular formula is C29H36N6O3S. The Labute approximate surface area is 234 Å². The van der Waals surface area contributed by atoms with E-state index in [1.807, 2.05) is 61.2 Å². The summed E-state index contributed by atoms with van der Waals surface area (Å²) in [5, 5.41) is 15.1. The molecule has 2 heterocycles. The van der Waals surface area contributed by atoms with Gasteiger partial charge in [-0.1, -0.05) is 12.1 Å². The minimum atomic E-state index is -0.0101. The van der Waals surface area contributed by atoms with Crippen molar-refractivity contribution in [3.8, 4) is 11.3 Å². The van der Waals surface area contributed by atoms with Crippen LogP contribution < -0.4 is 10.6 Å². The number of nitrogens with one attached hydrogen (secondary N) is 2. The zero-order valence-electron chi connectivity index (χ0n) is 22.5. The number of aliphatic hydroxyl groups is 1. The predicted octanol–water partition coefficient (Wildman–Crippen LogP) is 3.64. The zero-order valence-corrected chi connectivity index (χ0v) is 23.3. The molecule has 39 heavy (non-hydrogen) atoms. The number of hydrogen-bond acceptors (Lipinski definition) is 8. The Bertz CT molecular complexity index is 1230. The fourth-order valence-electron chi connectivity index (χ4n) is 4.24. The van der Waals surface area contributed by atoms with Crippen LogP contribution in [-0.2, 0) is 4.79 Å². The molecule has 1 aromatic heterocycles. The number of carbonyl (C=O) groups excluding carboxylic acids is 2. The van der Waals surface area contributed by atoms with E-state index in [1.165, 1.54) is 0 Å². The highest BCUT2D eigenvalue weighted by Gasteiger charge is 2.23. The Morgan fingerprint density at radius 3 is 2.38 bits per heavy atom. The van der Waals surface area contributed by atoms with E-state index < -0.39 is 0 Å². The Morgan fingerprint density at radius 1 is 1.00 bits per heavy atom. The second kappa shape index (κ2) is 14.1. The molecule has 0 saturated carbocycles. The quantitative estimate of drug-likeness (QED) is 0.246. The van der Waals surface area contributed by atoms with Crippen LogP contribution in [0, 0.1) is 0 Å². The van der Waals surface area contributed by atoms with Crippen LogP contribution in [0.15, 0.2) is 65.7 Å². The molecule has 1 aliphatic rings. The summed E-state index contributed by atoms with van der Waals surface area (Å²) in [5.41, 5.74) is 3.22. The summed E-state index contributed by atoms with van der Waals surface area (Å²) in [4.78, 5) is 39.1. The Hall–Kier alpha value is -3.47. The first-order valence-electron chi connectivity index (χ1n) is 13.3. The van der Waals surface area contributed by atoms with Crippen molar-refractivity contribution >= 4 is 35.2 Å². The lowest BCUT2D eigenvalue weighted by Gasteiger charge is -2.34. The lowest BCUT2D eigenvalue weighted by molar-refractivity contribution is -0.123. The van der Waals surface area contributed by atoms with Gasteiger partial charge in [-0.2, -0.15) is 0 Å². The van der Waals surface area contributed by atoms with Crippen molar-refractivity contribution in [1.82, 2.24) is 25.1 Å². The van der Waals surface area contributed by atoms with E-state index in [0.717, 1.165) is 34.0 Å². The van der Waals surface area contributed by atoms with Gasteiger partial charge in [-0.3, -0.25) is 14.5 Å². The van der Waals surface area contributed by atoms with Crippen molar-refractivity contribution in [2.75, 3.05) is 50.4 Å². The molecule has 206 valence electrons. The van der Waals surface area contributed by atoms with Gasteiger partial charge in [-0.05, 0) is 62.7 Å². The van der Waals surface area contributed by atoms with Gasteiger partial charge in [0.05, 0.1) is 12.2 Å². The summed E-state index contributed by atoms with van der Waals surface area (Å²) in [6.45, 7) is 7.00. The minimum absolute atomic E-state index is 0.0101. The first kappa shape index (κ1) is 28.5. The molecule has 3 aromatic rings. The maximum Gasteiger partial charge on any atom is 0.253 e. The van der Waals surface area contributed by atoms with Gasteiger partial charge in [-0.25, -0.2) is 9.97 Å². The molecule has 0 bridgehead atoms. The summed E-state index contributed by atoms with van der Waals surface area (Å²) in [6, 6.07) is 17.5. The van der Waals surface area contributed by atoms with E-state index in [4.69, 9.17) is 5.11 Å². The second-order valence-electron chi connectivity index (χ2n) is 9.71. The van der Waals surface area contributed by atoms with Crippen LogP contribution in [0.5, 0.6) is 0 Å². The fraction of sp³-hybridized carbons (Fsp3) is 0.379. The fourth-order valence-corrected chi connectivity index (χ4v) is 5.08. The number of piperazine rings is 1. The number of aliphatic hydroxyl groups excluding tert-OH is 1. The highest BCUT2D eigenvalue weighted by atomic mass is 32.2. The monoisotopic (exact) mass is 548 g/mol. The van der Waals surface area contributed by atoms with Crippen LogP contribution in [0.4, 0.5) is 11.6 Å². The third kappa shape index (κ3) is 8.51. The van der Waals surface area contributed by atoms with Gasteiger partial charge in [0.15, 0.2) is 0 Å². The van der Waals surface area contributed by atoms with Crippen LogP contribution in [0.1, 0.15) is 30.6 Å². The third-order valence-electron chi connectivity index (χ3n) is 6.24. The van der Waals surface area contributed by atoms with Crippen molar-refractivity contribution in [1.29, 1.82) is 0 Å². The number of nitrogens with zero attached hydrogens (tertiary/aromatic N) is 4. The number of benzene rings is 2. The largest absolute Gasteiger partial charge is 0.396 e. The van der Waals surface area contributed by atoms with E-state index in [-0.39, 0.29) is 24.5 Å². The molecule has 1 fully saturated rings. The van der Waals surface area contributed by atoms with Gasteiger partial charge < -0.3 is 20.6 Å². The standard InChI is InChI=1S/C29H36N6O3S/c1-21(2)31-27(37)20-34-14-16-35(17-15-34)28(38)23-4-8-24(9-5-23)32-29-30-13-12-26(33-29)22-6-10-25(11-7-22)39-19-3-18-36/h4-13,21,36H,3,14-20H2,1-2H3,(H,31,37)(H,30,32,33). The molecule has 4 rings (SSSR count). The first-order valence-corrected chi connectivity index (χ1v) is 14.2. The first-order chi connectivity index (χ1) is 18.9. The number of thioether (sulfide) groups is 1. The molecule has 10 heteroatoms. The Balaban J connectivity index is 1.30. The van der Waals surface area contributed by atoms with E-state index >= 15 is 0 Å². The Morgan fingerprint density at radius 2 is 1.72 bits per heavy atom. The maximum atomic E-state index is 13.0. The van der Waals surface area contributed by atoms with Crippen molar-refractivity contribution in [2.24, 2.45) is 0 Å². The van der Waals surface area contributed by atoms with Crippen molar-refractivity contribution in [3.05, 3.63) is 66.4 Å².